The van der Waals surface area contributed by atoms with Gasteiger partial charge in [0.1, 0.15) is 5.82 Å². The van der Waals surface area contributed by atoms with Crippen LogP contribution in [-0.2, 0) is 21.5 Å². The fourth-order valence-electron chi connectivity index (χ4n) is 3.34. The standard InChI is InChI=1S/C20H22FN3O3/c21-16-5-3-15(4-6-16)20(9-11-27-12-10-20)18(25)23-13-14-1-7-17(8-2-14)24-19(22)26/h1-8H,9-13H2,(H,23,25)(H3,22,24,26). The number of primary amides is 1. The van der Waals surface area contributed by atoms with E-state index in [2.05, 4.69) is 10.6 Å². The van der Waals surface area contributed by atoms with Crippen LogP contribution in [0.2, 0.25) is 0 Å². The van der Waals surface area contributed by atoms with E-state index in [-0.39, 0.29) is 11.7 Å². The summed E-state index contributed by atoms with van der Waals surface area (Å²) in [6, 6.07) is 12.5. The first-order valence-corrected chi connectivity index (χ1v) is 8.77. The zero-order valence-corrected chi connectivity index (χ0v) is 14.8. The van der Waals surface area contributed by atoms with Gasteiger partial charge < -0.3 is 21.1 Å². The summed E-state index contributed by atoms with van der Waals surface area (Å²) in [7, 11) is 0. The average Bonchev–Trinajstić information content (AvgIpc) is 2.68. The maximum absolute atomic E-state index is 13.3. The molecule has 1 aliphatic heterocycles. The molecule has 3 amide bonds. The first kappa shape index (κ1) is 18.8. The van der Waals surface area contributed by atoms with Crippen molar-refractivity contribution in [2.24, 2.45) is 5.73 Å². The summed E-state index contributed by atoms with van der Waals surface area (Å²) in [5, 5.41) is 5.47. The predicted octanol–water partition coefficient (Wildman–Crippen LogP) is 2.68. The summed E-state index contributed by atoms with van der Waals surface area (Å²) in [6.07, 6.45) is 1.10. The Morgan fingerprint density at radius 1 is 1.04 bits per heavy atom. The number of hydrogen-bond donors (Lipinski definition) is 3. The number of benzene rings is 2. The monoisotopic (exact) mass is 371 g/mol. The van der Waals surface area contributed by atoms with Crippen LogP contribution < -0.4 is 16.4 Å². The zero-order valence-electron chi connectivity index (χ0n) is 14.8. The molecule has 0 bridgehead atoms. The fraction of sp³-hybridized carbons (Fsp3) is 0.300. The molecule has 0 saturated carbocycles. The summed E-state index contributed by atoms with van der Waals surface area (Å²) in [5.74, 6) is -0.428. The highest BCUT2D eigenvalue weighted by atomic mass is 19.1. The van der Waals surface area contributed by atoms with Crippen LogP contribution in [0.5, 0.6) is 0 Å². The molecule has 1 aliphatic rings. The van der Waals surface area contributed by atoms with Crippen molar-refractivity contribution >= 4 is 17.6 Å². The van der Waals surface area contributed by atoms with Crippen molar-refractivity contribution in [3.8, 4) is 0 Å². The normalized spacial score (nSPS) is 15.7. The van der Waals surface area contributed by atoms with Gasteiger partial charge in [0.15, 0.2) is 0 Å². The number of carbonyl (C=O) groups is 2. The summed E-state index contributed by atoms with van der Waals surface area (Å²) >= 11 is 0. The van der Waals surface area contributed by atoms with Gasteiger partial charge in [-0.1, -0.05) is 24.3 Å². The number of nitrogens with one attached hydrogen (secondary N) is 2. The molecule has 142 valence electrons. The Hall–Kier alpha value is -2.93. The zero-order chi connectivity index (χ0) is 19.3. The van der Waals surface area contributed by atoms with E-state index in [0.29, 0.717) is 38.3 Å². The minimum atomic E-state index is -0.723. The smallest absolute Gasteiger partial charge is 0.316 e. The van der Waals surface area contributed by atoms with E-state index in [4.69, 9.17) is 10.5 Å². The summed E-state index contributed by atoms with van der Waals surface area (Å²) in [6.45, 7) is 1.32. The second-order valence-corrected chi connectivity index (χ2v) is 6.57. The van der Waals surface area contributed by atoms with Crippen molar-refractivity contribution in [2.45, 2.75) is 24.8 Å². The quantitative estimate of drug-likeness (QED) is 0.754. The molecule has 0 radical (unpaired) electrons. The van der Waals surface area contributed by atoms with Crippen LogP contribution in [0, 0.1) is 5.82 Å². The van der Waals surface area contributed by atoms with Crippen LogP contribution in [-0.4, -0.2) is 25.2 Å². The first-order valence-electron chi connectivity index (χ1n) is 8.77. The van der Waals surface area contributed by atoms with E-state index in [0.717, 1.165) is 11.1 Å². The van der Waals surface area contributed by atoms with Crippen molar-refractivity contribution in [3.63, 3.8) is 0 Å². The maximum atomic E-state index is 13.3. The predicted molar refractivity (Wildman–Crippen MR) is 99.6 cm³/mol. The van der Waals surface area contributed by atoms with Crippen molar-refractivity contribution in [1.82, 2.24) is 5.32 Å². The summed E-state index contributed by atoms with van der Waals surface area (Å²) < 4.78 is 18.7. The number of urea groups is 1. The molecule has 1 fully saturated rings. The highest BCUT2D eigenvalue weighted by Crippen LogP contribution is 2.35. The number of rotatable bonds is 5. The van der Waals surface area contributed by atoms with Gasteiger partial charge in [-0.2, -0.15) is 0 Å². The highest BCUT2D eigenvalue weighted by Gasteiger charge is 2.41. The molecule has 1 heterocycles. The largest absolute Gasteiger partial charge is 0.381 e. The Labute approximate surface area is 156 Å². The molecule has 27 heavy (non-hydrogen) atoms. The van der Waals surface area contributed by atoms with Crippen molar-refractivity contribution in [3.05, 3.63) is 65.5 Å². The second-order valence-electron chi connectivity index (χ2n) is 6.57. The molecule has 0 atom stereocenters. The molecule has 0 unspecified atom stereocenters. The third-order valence-electron chi connectivity index (χ3n) is 4.85. The molecule has 0 aromatic heterocycles. The lowest BCUT2D eigenvalue weighted by Gasteiger charge is -2.36. The topological polar surface area (TPSA) is 93.5 Å². The van der Waals surface area contributed by atoms with E-state index < -0.39 is 11.4 Å². The Kier molecular flexibility index (Phi) is 5.71. The lowest BCUT2D eigenvalue weighted by atomic mass is 9.73. The van der Waals surface area contributed by atoms with Crippen LogP contribution in [0.4, 0.5) is 14.9 Å². The van der Waals surface area contributed by atoms with Crippen LogP contribution in [0.25, 0.3) is 0 Å². The molecule has 2 aromatic carbocycles. The van der Waals surface area contributed by atoms with Gasteiger partial charge in [0, 0.05) is 25.4 Å². The molecule has 0 spiro atoms. The van der Waals surface area contributed by atoms with E-state index in [1.807, 2.05) is 0 Å². The molecule has 6 nitrogen and oxygen atoms in total. The lowest BCUT2D eigenvalue weighted by molar-refractivity contribution is -0.130. The molecule has 0 aliphatic carbocycles. The number of hydrogen-bond acceptors (Lipinski definition) is 3. The molecule has 2 aromatic rings. The Bertz CT molecular complexity index is 800. The molecular formula is C20H22FN3O3. The van der Waals surface area contributed by atoms with E-state index in [1.165, 1.54) is 12.1 Å². The number of carbonyl (C=O) groups excluding carboxylic acids is 2. The van der Waals surface area contributed by atoms with Gasteiger partial charge >= 0.3 is 6.03 Å². The van der Waals surface area contributed by atoms with E-state index in [1.54, 1.807) is 36.4 Å². The van der Waals surface area contributed by atoms with Crippen LogP contribution >= 0.6 is 0 Å². The number of anilines is 1. The van der Waals surface area contributed by atoms with Crippen molar-refractivity contribution in [1.29, 1.82) is 0 Å². The lowest BCUT2D eigenvalue weighted by Crippen LogP contribution is -2.47. The third kappa shape index (κ3) is 4.43. The number of nitrogens with two attached hydrogens (primary N) is 1. The van der Waals surface area contributed by atoms with Crippen LogP contribution in [0.15, 0.2) is 48.5 Å². The molecule has 3 rings (SSSR count). The third-order valence-corrected chi connectivity index (χ3v) is 4.85. The van der Waals surface area contributed by atoms with Crippen molar-refractivity contribution in [2.75, 3.05) is 18.5 Å². The van der Waals surface area contributed by atoms with Crippen LogP contribution in [0.1, 0.15) is 24.0 Å². The minimum absolute atomic E-state index is 0.100. The van der Waals surface area contributed by atoms with Gasteiger partial charge in [-0.25, -0.2) is 9.18 Å². The maximum Gasteiger partial charge on any atom is 0.316 e. The summed E-state index contributed by atoms with van der Waals surface area (Å²) in [4.78, 5) is 23.9. The van der Waals surface area contributed by atoms with Crippen LogP contribution in [0.3, 0.4) is 0 Å². The Balaban J connectivity index is 1.71. The van der Waals surface area contributed by atoms with E-state index in [9.17, 15) is 14.0 Å². The number of amides is 3. The highest BCUT2D eigenvalue weighted by molar-refractivity contribution is 5.89. The number of halogens is 1. The van der Waals surface area contributed by atoms with Gasteiger partial charge in [0.25, 0.3) is 0 Å². The Morgan fingerprint density at radius 2 is 1.67 bits per heavy atom. The molecular weight excluding hydrogens is 349 g/mol. The van der Waals surface area contributed by atoms with Gasteiger partial charge in [0.05, 0.1) is 5.41 Å². The summed E-state index contributed by atoms with van der Waals surface area (Å²) in [5.41, 5.74) is 6.63. The average molecular weight is 371 g/mol. The molecule has 4 N–H and O–H groups in total. The van der Waals surface area contributed by atoms with Crippen molar-refractivity contribution < 1.29 is 18.7 Å². The minimum Gasteiger partial charge on any atom is -0.381 e. The van der Waals surface area contributed by atoms with E-state index >= 15 is 0 Å². The second kappa shape index (κ2) is 8.18. The van der Waals surface area contributed by atoms with Gasteiger partial charge in [0.2, 0.25) is 5.91 Å². The fourth-order valence-corrected chi connectivity index (χ4v) is 3.34. The molecule has 7 heteroatoms. The number of ether oxygens (including phenoxy) is 1. The first-order chi connectivity index (χ1) is 13.0. The van der Waals surface area contributed by atoms with Gasteiger partial charge in [-0.3, -0.25) is 4.79 Å². The Morgan fingerprint density at radius 3 is 2.26 bits per heavy atom. The van der Waals surface area contributed by atoms with Gasteiger partial charge in [-0.05, 0) is 48.2 Å². The SMILES string of the molecule is NC(=O)Nc1ccc(CNC(=O)C2(c3ccc(F)cc3)CCOCC2)cc1. The molecule has 1 saturated heterocycles. The van der Waals surface area contributed by atoms with Gasteiger partial charge in [-0.15, -0.1) is 0 Å².